The first kappa shape index (κ1) is 12.9. The molecule has 0 spiro atoms. The molecule has 0 aliphatic carbocycles. The number of amides is 1. The minimum atomic E-state index is -0.420. The first-order chi connectivity index (χ1) is 8.75. The van der Waals surface area contributed by atoms with Gasteiger partial charge in [-0.25, -0.2) is 4.79 Å². The van der Waals surface area contributed by atoms with Crippen LogP contribution in [0.2, 0.25) is 0 Å². The number of β-amino-alcohol motifs (C(OH)–C–C–N with tert-alkyl or cyclic N) is 1. The van der Waals surface area contributed by atoms with Crippen LogP contribution in [0.5, 0.6) is 0 Å². The normalized spacial score (nSPS) is 20.3. The molecule has 0 radical (unpaired) electrons. The van der Waals surface area contributed by atoms with Gasteiger partial charge in [0.15, 0.2) is 0 Å². The Labute approximate surface area is 107 Å². The zero-order valence-electron chi connectivity index (χ0n) is 10.4. The second kappa shape index (κ2) is 6.40. The molecule has 1 heterocycles. The number of aliphatic hydroxyl groups is 1. The lowest BCUT2D eigenvalue weighted by molar-refractivity contribution is 0.0744. The van der Waals surface area contributed by atoms with E-state index in [-0.39, 0.29) is 12.7 Å². The summed E-state index contributed by atoms with van der Waals surface area (Å²) in [7, 11) is 0. The van der Waals surface area contributed by atoms with Gasteiger partial charge in [0.2, 0.25) is 0 Å². The molecule has 1 unspecified atom stereocenters. The number of rotatable bonds is 2. The molecule has 1 amide bonds. The molecule has 0 aromatic heterocycles. The van der Waals surface area contributed by atoms with Crippen molar-refractivity contribution in [1.82, 2.24) is 4.90 Å². The van der Waals surface area contributed by atoms with Crippen molar-refractivity contribution in [1.29, 1.82) is 0 Å². The summed E-state index contributed by atoms with van der Waals surface area (Å²) in [4.78, 5) is 13.5. The van der Waals surface area contributed by atoms with Gasteiger partial charge in [0.05, 0.1) is 6.10 Å². The largest absolute Gasteiger partial charge is 0.445 e. The van der Waals surface area contributed by atoms with E-state index in [1.54, 1.807) is 4.90 Å². The number of nitrogens with zero attached hydrogens (tertiary/aromatic N) is 1. The van der Waals surface area contributed by atoms with Crippen molar-refractivity contribution in [2.45, 2.75) is 32.0 Å². The number of aliphatic hydroxyl groups excluding tert-OH is 1. The Kier molecular flexibility index (Phi) is 4.59. The predicted octanol–water partition coefficient (Wildman–Crippen LogP) is 2.17. The summed E-state index contributed by atoms with van der Waals surface area (Å²) in [6, 6.07) is 9.60. The molecule has 2 rings (SSSR count). The molecule has 4 heteroatoms. The summed E-state index contributed by atoms with van der Waals surface area (Å²) in [5, 5.41) is 9.64. The van der Waals surface area contributed by atoms with Crippen molar-refractivity contribution in [3.63, 3.8) is 0 Å². The summed E-state index contributed by atoms with van der Waals surface area (Å²) in [6.07, 6.45) is 1.90. The van der Waals surface area contributed by atoms with E-state index in [2.05, 4.69) is 0 Å². The van der Waals surface area contributed by atoms with Gasteiger partial charge in [-0.05, 0) is 24.8 Å². The smallest absolute Gasteiger partial charge is 0.410 e. The van der Waals surface area contributed by atoms with E-state index in [0.29, 0.717) is 13.1 Å². The Morgan fingerprint density at radius 2 is 2.11 bits per heavy atom. The maximum absolute atomic E-state index is 11.9. The average Bonchev–Trinajstić information content (AvgIpc) is 2.62. The topological polar surface area (TPSA) is 49.8 Å². The molecule has 1 saturated heterocycles. The van der Waals surface area contributed by atoms with Crippen molar-refractivity contribution in [2.24, 2.45) is 0 Å². The summed E-state index contributed by atoms with van der Waals surface area (Å²) < 4.78 is 5.25. The van der Waals surface area contributed by atoms with Crippen LogP contribution in [0.3, 0.4) is 0 Å². The zero-order valence-corrected chi connectivity index (χ0v) is 10.4. The molecule has 98 valence electrons. The van der Waals surface area contributed by atoms with Crippen LogP contribution in [-0.4, -0.2) is 35.3 Å². The molecular formula is C14H19NO3. The van der Waals surface area contributed by atoms with E-state index in [1.807, 2.05) is 30.3 Å². The summed E-state index contributed by atoms with van der Waals surface area (Å²) in [5.41, 5.74) is 0.973. The van der Waals surface area contributed by atoms with Gasteiger partial charge in [-0.15, -0.1) is 0 Å². The molecular weight excluding hydrogens is 230 g/mol. The third-order valence-electron chi connectivity index (χ3n) is 3.11. The maximum Gasteiger partial charge on any atom is 0.410 e. The van der Waals surface area contributed by atoms with E-state index >= 15 is 0 Å². The Morgan fingerprint density at radius 1 is 1.33 bits per heavy atom. The van der Waals surface area contributed by atoms with Crippen LogP contribution >= 0.6 is 0 Å². The lowest BCUT2D eigenvalue weighted by Crippen LogP contribution is -2.36. The Balaban J connectivity index is 1.83. The Hall–Kier alpha value is -1.55. The highest BCUT2D eigenvalue weighted by atomic mass is 16.6. The monoisotopic (exact) mass is 249 g/mol. The molecule has 0 bridgehead atoms. The fraction of sp³-hybridized carbons (Fsp3) is 0.500. The van der Waals surface area contributed by atoms with E-state index in [1.165, 1.54) is 0 Å². The maximum atomic E-state index is 11.9. The number of carbonyl (C=O) groups excluding carboxylic acids is 1. The number of ether oxygens (including phenoxy) is 1. The van der Waals surface area contributed by atoms with Crippen molar-refractivity contribution in [3.05, 3.63) is 35.9 Å². The molecule has 18 heavy (non-hydrogen) atoms. The molecule has 1 aromatic carbocycles. The molecule has 0 saturated carbocycles. The standard InChI is InChI=1S/C14H19NO3/c16-13-8-4-5-9-15(10-13)14(17)18-11-12-6-2-1-3-7-12/h1-3,6-7,13,16H,4-5,8-11H2. The third-order valence-corrected chi connectivity index (χ3v) is 3.11. The van der Waals surface area contributed by atoms with Gasteiger partial charge >= 0.3 is 6.09 Å². The summed E-state index contributed by atoms with van der Waals surface area (Å²) >= 11 is 0. The quantitative estimate of drug-likeness (QED) is 0.874. The molecule has 1 aliphatic heterocycles. The Bertz CT molecular complexity index is 380. The van der Waals surface area contributed by atoms with E-state index < -0.39 is 6.10 Å². The van der Waals surface area contributed by atoms with Gasteiger partial charge in [0.1, 0.15) is 6.61 Å². The van der Waals surface area contributed by atoms with Gasteiger partial charge in [0.25, 0.3) is 0 Å². The molecule has 1 fully saturated rings. The predicted molar refractivity (Wildman–Crippen MR) is 68.1 cm³/mol. The lowest BCUT2D eigenvalue weighted by Gasteiger charge is -2.21. The van der Waals surface area contributed by atoms with Crippen LogP contribution in [-0.2, 0) is 11.3 Å². The van der Waals surface area contributed by atoms with Crippen molar-refractivity contribution in [2.75, 3.05) is 13.1 Å². The van der Waals surface area contributed by atoms with Crippen LogP contribution in [0.25, 0.3) is 0 Å². The van der Waals surface area contributed by atoms with Gasteiger partial charge in [0, 0.05) is 13.1 Å². The van der Waals surface area contributed by atoms with Gasteiger partial charge in [-0.2, -0.15) is 0 Å². The average molecular weight is 249 g/mol. The zero-order chi connectivity index (χ0) is 12.8. The van der Waals surface area contributed by atoms with E-state index in [0.717, 1.165) is 24.8 Å². The van der Waals surface area contributed by atoms with Crippen LogP contribution in [0.1, 0.15) is 24.8 Å². The fourth-order valence-electron chi connectivity index (χ4n) is 2.10. The highest BCUT2D eigenvalue weighted by Crippen LogP contribution is 2.12. The van der Waals surface area contributed by atoms with Crippen molar-refractivity contribution < 1.29 is 14.6 Å². The molecule has 1 atom stereocenters. The fourth-order valence-corrected chi connectivity index (χ4v) is 2.10. The van der Waals surface area contributed by atoms with Gasteiger partial charge in [-0.3, -0.25) is 0 Å². The Morgan fingerprint density at radius 3 is 2.89 bits per heavy atom. The number of hydrogen-bond donors (Lipinski definition) is 1. The van der Waals surface area contributed by atoms with Crippen molar-refractivity contribution in [3.8, 4) is 0 Å². The van der Waals surface area contributed by atoms with E-state index in [9.17, 15) is 9.90 Å². The minimum absolute atomic E-state index is 0.284. The molecule has 4 nitrogen and oxygen atoms in total. The first-order valence-corrected chi connectivity index (χ1v) is 6.39. The second-order valence-electron chi connectivity index (χ2n) is 4.64. The first-order valence-electron chi connectivity index (χ1n) is 6.39. The number of hydrogen-bond acceptors (Lipinski definition) is 3. The number of likely N-dealkylation sites (tertiary alicyclic amines) is 1. The molecule has 1 aromatic rings. The minimum Gasteiger partial charge on any atom is -0.445 e. The van der Waals surface area contributed by atoms with Crippen LogP contribution in [0, 0.1) is 0 Å². The SMILES string of the molecule is O=C(OCc1ccccc1)N1CCCCC(O)C1. The van der Waals surface area contributed by atoms with Crippen LogP contribution in [0.15, 0.2) is 30.3 Å². The highest BCUT2D eigenvalue weighted by molar-refractivity contribution is 5.67. The molecule has 1 N–H and O–H groups in total. The highest BCUT2D eigenvalue weighted by Gasteiger charge is 2.21. The molecule has 1 aliphatic rings. The van der Waals surface area contributed by atoms with Gasteiger partial charge < -0.3 is 14.7 Å². The summed E-state index contributed by atoms with van der Waals surface area (Å²) in [6.45, 7) is 1.34. The number of carbonyl (C=O) groups is 1. The van der Waals surface area contributed by atoms with Crippen molar-refractivity contribution >= 4 is 6.09 Å². The second-order valence-corrected chi connectivity index (χ2v) is 4.64. The lowest BCUT2D eigenvalue weighted by atomic mass is 10.2. The summed E-state index contributed by atoms with van der Waals surface area (Å²) in [5.74, 6) is 0. The van der Waals surface area contributed by atoms with Crippen LogP contribution < -0.4 is 0 Å². The van der Waals surface area contributed by atoms with Gasteiger partial charge in [-0.1, -0.05) is 30.3 Å². The van der Waals surface area contributed by atoms with E-state index in [4.69, 9.17) is 4.74 Å². The third kappa shape index (κ3) is 3.74. The van der Waals surface area contributed by atoms with Crippen LogP contribution in [0.4, 0.5) is 4.79 Å². The number of benzene rings is 1.